The number of halogens is 1. The molecule has 4 aromatic rings. The zero-order valence-electron chi connectivity index (χ0n) is 18.5. The summed E-state index contributed by atoms with van der Waals surface area (Å²) in [6.45, 7) is 1.99. The van der Waals surface area contributed by atoms with Gasteiger partial charge in [-0.05, 0) is 43.3 Å². The standard InChI is InChI=1S/C26H23ClN4O2/c1-17-8-7-9-18(14-17)24-21(16-31(29-24)20-10-5-4-6-11-20)25(32)28-23-15-19(12-13-22(23)27)26(33)30(2)3/h4-16H,1-3H3,(H,28,32). The average molecular weight is 459 g/mol. The van der Waals surface area contributed by atoms with Gasteiger partial charge in [-0.2, -0.15) is 5.10 Å². The number of anilines is 1. The highest BCUT2D eigenvalue weighted by Crippen LogP contribution is 2.28. The zero-order chi connectivity index (χ0) is 23.5. The Morgan fingerprint density at radius 1 is 0.970 bits per heavy atom. The van der Waals surface area contributed by atoms with Crippen molar-refractivity contribution in [3.8, 4) is 16.9 Å². The summed E-state index contributed by atoms with van der Waals surface area (Å²) < 4.78 is 1.68. The maximum atomic E-state index is 13.4. The quantitative estimate of drug-likeness (QED) is 0.432. The lowest BCUT2D eigenvalue weighted by molar-refractivity contribution is 0.0827. The van der Waals surface area contributed by atoms with Crippen molar-refractivity contribution in [1.82, 2.24) is 14.7 Å². The van der Waals surface area contributed by atoms with Gasteiger partial charge in [0.15, 0.2) is 0 Å². The number of para-hydroxylation sites is 1. The predicted molar refractivity (Wildman–Crippen MR) is 131 cm³/mol. The van der Waals surface area contributed by atoms with Crippen LogP contribution in [-0.2, 0) is 0 Å². The van der Waals surface area contributed by atoms with Gasteiger partial charge in [-0.15, -0.1) is 0 Å². The van der Waals surface area contributed by atoms with Crippen molar-refractivity contribution >= 4 is 29.1 Å². The van der Waals surface area contributed by atoms with Gasteiger partial charge >= 0.3 is 0 Å². The number of nitrogens with zero attached hydrogens (tertiary/aromatic N) is 3. The maximum absolute atomic E-state index is 13.4. The van der Waals surface area contributed by atoms with E-state index in [1.165, 1.54) is 4.90 Å². The van der Waals surface area contributed by atoms with Crippen LogP contribution in [-0.4, -0.2) is 40.6 Å². The van der Waals surface area contributed by atoms with E-state index in [9.17, 15) is 9.59 Å². The second-order valence-electron chi connectivity index (χ2n) is 7.89. The van der Waals surface area contributed by atoms with Gasteiger partial charge in [0.1, 0.15) is 5.69 Å². The number of carbonyl (C=O) groups is 2. The van der Waals surface area contributed by atoms with Gasteiger partial charge in [0, 0.05) is 31.4 Å². The molecule has 1 N–H and O–H groups in total. The molecule has 7 heteroatoms. The van der Waals surface area contributed by atoms with Gasteiger partial charge < -0.3 is 10.2 Å². The van der Waals surface area contributed by atoms with Crippen LogP contribution in [0.4, 0.5) is 5.69 Å². The second kappa shape index (κ2) is 9.30. The van der Waals surface area contributed by atoms with Crippen LogP contribution in [0.2, 0.25) is 5.02 Å². The van der Waals surface area contributed by atoms with Gasteiger partial charge in [-0.1, -0.05) is 53.6 Å². The third-order valence-electron chi connectivity index (χ3n) is 5.14. The fraction of sp³-hybridized carbons (Fsp3) is 0.115. The molecule has 0 unspecified atom stereocenters. The molecule has 0 aliphatic heterocycles. The van der Waals surface area contributed by atoms with Crippen molar-refractivity contribution in [2.75, 3.05) is 19.4 Å². The minimum absolute atomic E-state index is 0.181. The molecule has 0 radical (unpaired) electrons. The molecule has 4 rings (SSSR count). The lowest BCUT2D eigenvalue weighted by Crippen LogP contribution is -2.22. The van der Waals surface area contributed by atoms with Gasteiger partial charge in [-0.3, -0.25) is 9.59 Å². The van der Waals surface area contributed by atoms with Crippen LogP contribution >= 0.6 is 11.6 Å². The smallest absolute Gasteiger partial charge is 0.259 e. The molecular formula is C26H23ClN4O2. The Hall–Kier alpha value is -3.90. The summed E-state index contributed by atoms with van der Waals surface area (Å²) in [5.74, 6) is -0.551. The molecule has 6 nitrogen and oxygen atoms in total. The maximum Gasteiger partial charge on any atom is 0.259 e. The number of nitrogens with one attached hydrogen (secondary N) is 1. The Labute approximate surface area is 197 Å². The topological polar surface area (TPSA) is 67.2 Å². The van der Waals surface area contributed by atoms with Gasteiger partial charge in [-0.25, -0.2) is 4.68 Å². The summed E-state index contributed by atoms with van der Waals surface area (Å²) in [6, 6.07) is 22.2. The average Bonchev–Trinajstić information content (AvgIpc) is 3.26. The molecule has 1 aromatic heterocycles. The normalized spacial score (nSPS) is 10.7. The first kappa shape index (κ1) is 22.3. The van der Waals surface area contributed by atoms with E-state index < -0.39 is 0 Å². The summed E-state index contributed by atoms with van der Waals surface area (Å²) in [6.07, 6.45) is 1.70. The fourth-order valence-corrected chi connectivity index (χ4v) is 3.63. The molecule has 0 saturated heterocycles. The monoisotopic (exact) mass is 458 g/mol. The highest BCUT2D eigenvalue weighted by molar-refractivity contribution is 6.34. The van der Waals surface area contributed by atoms with Gasteiger partial charge in [0.2, 0.25) is 0 Å². The lowest BCUT2D eigenvalue weighted by atomic mass is 10.1. The highest BCUT2D eigenvalue weighted by Gasteiger charge is 2.20. The molecule has 33 heavy (non-hydrogen) atoms. The summed E-state index contributed by atoms with van der Waals surface area (Å²) in [7, 11) is 3.34. The molecule has 3 aromatic carbocycles. The van der Waals surface area contributed by atoms with Crippen molar-refractivity contribution in [3.63, 3.8) is 0 Å². The third-order valence-corrected chi connectivity index (χ3v) is 5.47. The van der Waals surface area contributed by atoms with Crippen molar-refractivity contribution in [2.45, 2.75) is 6.92 Å². The number of aryl methyl sites for hydroxylation is 1. The van der Waals surface area contributed by atoms with Gasteiger partial charge in [0.05, 0.1) is 22.0 Å². The minimum atomic E-state index is -0.370. The summed E-state index contributed by atoms with van der Waals surface area (Å²) in [5.41, 5.74) is 4.46. The Morgan fingerprint density at radius 2 is 1.73 bits per heavy atom. The summed E-state index contributed by atoms with van der Waals surface area (Å²) in [5, 5.41) is 7.90. The molecule has 0 bridgehead atoms. The first-order chi connectivity index (χ1) is 15.8. The summed E-state index contributed by atoms with van der Waals surface area (Å²) >= 11 is 6.33. The van der Waals surface area contributed by atoms with Crippen LogP contribution in [0.1, 0.15) is 26.3 Å². The molecule has 0 spiro atoms. The number of carbonyl (C=O) groups excluding carboxylic acids is 2. The first-order valence-electron chi connectivity index (χ1n) is 10.4. The lowest BCUT2D eigenvalue weighted by Gasteiger charge is -2.13. The predicted octanol–water partition coefficient (Wildman–Crippen LogP) is 5.46. The van der Waals surface area contributed by atoms with E-state index in [2.05, 4.69) is 5.32 Å². The molecule has 1 heterocycles. The van der Waals surface area contributed by atoms with E-state index in [1.54, 1.807) is 43.2 Å². The molecule has 0 aliphatic rings. The van der Waals surface area contributed by atoms with Gasteiger partial charge in [0.25, 0.3) is 11.8 Å². The largest absolute Gasteiger partial charge is 0.345 e. The first-order valence-corrected chi connectivity index (χ1v) is 10.8. The fourth-order valence-electron chi connectivity index (χ4n) is 3.46. The Kier molecular flexibility index (Phi) is 6.29. The van der Waals surface area contributed by atoms with Crippen molar-refractivity contribution in [3.05, 3.63) is 101 Å². The molecule has 0 fully saturated rings. The summed E-state index contributed by atoms with van der Waals surface area (Å²) in [4.78, 5) is 27.2. The van der Waals surface area contributed by atoms with E-state index in [-0.39, 0.29) is 11.8 Å². The van der Waals surface area contributed by atoms with Crippen LogP contribution in [0.5, 0.6) is 0 Å². The van der Waals surface area contributed by atoms with E-state index in [1.807, 2.05) is 61.5 Å². The zero-order valence-corrected chi connectivity index (χ0v) is 19.3. The van der Waals surface area contributed by atoms with Crippen LogP contribution < -0.4 is 5.32 Å². The van der Waals surface area contributed by atoms with Crippen molar-refractivity contribution in [2.24, 2.45) is 0 Å². The minimum Gasteiger partial charge on any atom is -0.345 e. The Balaban J connectivity index is 1.75. The number of benzene rings is 3. The van der Waals surface area contributed by atoms with E-state index in [0.29, 0.717) is 27.5 Å². The van der Waals surface area contributed by atoms with E-state index in [4.69, 9.17) is 16.7 Å². The van der Waals surface area contributed by atoms with Crippen molar-refractivity contribution < 1.29 is 9.59 Å². The number of hydrogen-bond donors (Lipinski definition) is 1. The van der Waals surface area contributed by atoms with Crippen LogP contribution in [0.3, 0.4) is 0 Å². The van der Waals surface area contributed by atoms with Crippen LogP contribution in [0.15, 0.2) is 79.0 Å². The Bertz CT molecular complexity index is 1330. The second-order valence-corrected chi connectivity index (χ2v) is 8.30. The third kappa shape index (κ3) is 4.81. The number of aromatic nitrogens is 2. The molecule has 0 saturated carbocycles. The molecule has 166 valence electrons. The molecule has 0 aliphatic carbocycles. The number of amides is 2. The number of rotatable bonds is 5. The van der Waals surface area contributed by atoms with Crippen molar-refractivity contribution in [1.29, 1.82) is 0 Å². The molecule has 0 atom stereocenters. The van der Waals surface area contributed by atoms with E-state index >= 15 is 0 Å². The highest BCUT2D eigenvalue weighted by atomic mass is 35.5. The Morgan fingerprint density at radius 3 is 2.42 bits per heavy atom. The molecule has 2 amide bonds. The molecular weight excluding hydrogens is 436 g/mol. The van der Waals surface area contributed by atoms with Crippen LogP contribution in [0, 0.1) is 6.92 Å². The SMILES string of the molecule is Cc1cccc(-c2nn(-c3ccccc3)cc2C(=O)Nc2cc(C(=O)N(C)C)ccc2Cl)c1. The van der Waals surface area contributed by atoms with Crippen LogP contribution in [0.25, 0.3) is 16.9 Å². The van der Waals surface area contributed by atoms with E-state index in [0.717, 1.165) is 16.8 Å². The number of hydrogen-bond acceptors (Lipinski definition) is 3.